The number of rotatable bonds is 2. The van der Waals surface area contributed by atoms with Gasteiger partial charge >= 0.3 is 6.03 Å². The van der Waals surface area contributed by atoms with Crippen molar-refractivity contribution in [1.82, 2.24) is 15.5 Å². The number of nitrogens with zero attached hydrogens (tertiary/aromatic N) is 1. The summed E-state index contributed by atoms with van der Waals surface area (Å²) in [6, 6.07) is 5.14. The SMILES string of the molecule is O=C1NC[C@@H](C(=O)N2CCC[C@@H]2c2ccc3c(c2)OCCO3)N1. The summed E-state index contributed by atoms with van der Waals surface area (Å²) in [4.78, 5) is 25.8. The Morgan fingerprint density at radius 2 is 2.04 bits per heavy atom. The van der Waals surface area contributed by atoms with E-state index in [1.54, 1.807) is 0 Å². The van der Waals surface area contributed by atoms with Crippen LogP contribution >= 0.6 is 0 Å². The minimum absolute atomic E-state index is 0.0239. The predicted molar refractivity (Wildman–Crippen MR) is 81.4 cm³/mol. The molecule has 0 radical (unpaired) electrons. The highest BCUT2D eigenvalue weighted by Gasteiger charge is 2.37. The molecule has 0 unspecified atom stereocenters. The Morgan fingerprint density at radius 1 is 1.22 bits per heavy atom. The van der Waals surface area contributed by atoms with Gasteiger partial charge in [0.15, 0.2) is 11.5 Å². The summed E-state index contributed by atoms with van der Waals surface area (Å²) in [5.41, 5.74) is 1.05. The lowest BCUT2D eigenvalue weighted by atomic mass is 10.0. The van der Waals surface area contributed by atoms with Gasteiger partial charge in [-0.1, -0.05) is 6.07 Å². The number of carbonyl (C=O) groups excluding carboxylic acids is 2. The van der Waals surface area contributed by atoms with Crippen LogP contribution in [0.5, 0.6) is 11.5 Å². The molecule has 7 heteroatoms. The maximum absolute atomic E-state index is 12.7. The third-order valence-corrected chi connectivity index (χ3v) is 4.56. The maximum Gasteiger partial charge on any atom is 0.315 e. The molecule has 0 spiro atoms. The van der Waals surface area contributed by atoms with Crippen molar-refractivity contribution >= 4 is 11.9 Å². The highest BCUT2D eigenvalue weighted by molar-refractivity contribution is 5.90. The molecule has 2 atom stereocenters. The largest absolute Gasteiger partial charge is 0.486 e. The lowest BCUT2D eigenvalue weighted by Crippen LogP contribution is -2.45. The average Bonchev–Trinajstić information content (AvgIpc) is 3.23. The van der Waals surface area contributed by atoms with E-state index in [1.807, 2.05) is 23.1 Å². The average molecular weight is 317 g/mol. The summed E-state index contributed by atoms with van der Waals surface area (Å²) in [6.07, 6.45) is 1.87. The molecule has 3 amide bonds. The molecule has 3 heterocycles. The van der Waals surface area contributed by atoms with Crippen molar-refractivity contribution in [2.75, 3.05) is 26.3 Å². The lowest BCUT2D eigenvalue weighted by molar-refractivity contribution is -0.133. The molecular formula is C16H19N3O4. The first-order valence-corrected chi connectivity index (χ1v) is 7.97. The molecule has 0 saturated carbocycles. The second kappa shape index (κ2) is 5.64. The molecule has 122 valence electrons. The second-order valence-corrected chi connectivity index (χ2v) is 6.00. The summed E-state index contributed by atoms with van der Waals surface area (Å²) in [5, 5.41) is 5.30. The molecule has 3 aliphatic rings. The fourth-order valence-electron chi connectivity index (χ4n) is 3.45. The summed E-state index contributed by atoms with van der Waals surface area (Å²) >= 11 is 0. The fourth-order valence-corrected chi connectivity index (χ4v) is 3.45. The van der Waals surface area contributed by atoms with E-state index in [-0.39, 0.29) is 18.0 Å². The van der Waals surface area contributed by atoms with E-state index in [0.29, 0.717) is 26.3 Å². The number of urea groups is 1. The van der Waals surface area contributed by atoms with Crippen LogP contribution in [0.3, 0.4) is 0 Å². The number of hydrogen-bond acceptors (Lipinski definition) is 4. The van der Waals surface area contributed by atoms with Crippen molar-refractivity contribution < 1.29 is 19.1 Å². The summed E-state index contributed by atoms with van der Waals surface area (Å²) < 4.78 is 11.2. The molecule has 2 N–H and O–H groups in total. The van der Waals surface area contributed by atoms with Crippen LogP contribution in [0.1, 0.15) is 24.4 Å². The second-order valence-electron chi connectivity index (χ2n) is 6.00. The Morgan fingerprint density at radius 3 is 2.83 bits per heavy atom. The number of amides is 3. The molecular weight excluding hydrogens is 298 g/mol. The molecule has 2 saturated heterocycles. The normalized spacial score (nSPS) is 25.9. The van der Waals surface area contributed by atoms with Crippen LogP contribution in [0.4, 0.5) is 4.79 Å². The van der Waals surface area contributed by atoms with Gasteiger partial charge in [-0.3, -0.25) is 4.79 Å². The van der Waals surface area contributed by atoms with Crippen LogP contribution in [0.25, 0.3) is 0 Å². The zero-order valence-corrected chi connectivity index (χ0v) is 12.7. The third kappa shape index (κ3) is 2.56. The van der Waals surface area contributed by atoms with E-state index in [0.717, 1.165) is 29.9 Å². The predicted octanol–water partition coefficient (Wildman–Crippen LogP) is 0.803. The molecule has 0 aliphatic carbocycles. The van der Waals surface area contributed by atoms with E-state index < -0.39 is 6.04 Å². The molecule has 3 aliphatic heterocycles. The summed E-state index contributed by atoms with van der Waals surface area (Å²) in [7, 11) is 0. The van der Waals surface area contributed by atoms with Crippen LogP contribution in [0, 0.1) is 0 Å². The van der Waals surface area contributed by atoms with Crippen LogP contribution in [-0.4, -0.2) is 49.2 Å². The minimum Gasteiger partial charge on any atom is -0.486 e. The summed E-state index contributed by atoms with van der Waals surface area (Å²) in [5.74, 6) is 1.47. The molecule has 1 aromatic rings. The summed E-state index contributed by atoms with van der Waals surface area (Å²) in [6.45, 7) is 2.17. The molecule has 0 aromatic heterocycles. The van der Waals surface area contributed by atoms with Gasteiger partial charge in [-0.25, -0.2) is 4.79 Å². The van der Waals surface area contributed by atoms with Crippen LogP contribution in [0.15, 0.2) is 18.2 Å². The van der Waals surface area contributed by atoms with Gasteiger partial charge < -0.3 is 25.0 Å². The van der Waals surface area contributed by atoms with Crippen molar-refractivity contribution in [2.24, 2.45) is 0 Å². The first-order chi connectivity index (χ1) is 11.2. The van der Waals surface area contributed by atoms with Gasteiger partial charge in [0, 0.05) is 13.1 Å². The number of benzene rings is 1. The Labute approximate surface area is 133 Å². The molecule has 7 nitrogen and oxygen atoms in total. The fraction of sp³-hybridized carbons (Fsp3) is 0.500. The Hall–Kier alpha value is -2.44. The van der Waals surface area contributed by atoms with Crippen molar-refractivity contribution in [2.45, 2.75) is 24.9 Å². The molecule has 23 heavy (non-hydrogen) atoms. The Kier molecular flexibility index (Phi) is 3.48. The first-order valence-electron chi connectivity index (χ1n) is 7.97. The van der Waals surface area contributed by atoms with Crippen molar-refractivity contribution in [3.63, 3.8) is 0 Å². The number of fused-ring (bicyclic) bond motifs is 1. The monoisotopic (exact) mass is 317 g/mol. The highest BCUT2D eigenvalue weighted by Crippen LogP contribution is 2.38. The molecule has 0 bridgehead atoms. The van der Waals surface area contributed by atoms with Gasteiger partial charge in [0.05, 0.1) is 6.04 Å². The lowest BCUT2D eigenvalue weighted by Gasteiger charge is -2.28. The third-order valence-electron chi connectivity index (χ3n) is 4.56. The van der Waals surface area contributed by atoms with Crippen LogP contribution < -0.4 is 20.1 Å². The van der Waals surface area contributed by atoms with Gasteiger partial charge in [-0.2, -0.15) is 0 Å². The van der Waals surface area contributed by atoms with Gasteiger partial charge in [-0.15, -0.1) is 0 Å². The number of hydrogen-bond donors (Lipinski definition) is 2. The van der Waals surface area contributed by atoms with Gasteiger partial charge in [0.25, 0.3) is 0 Å². The minimum atomic E-state index is -0.472. The van der Waals surface area contributed by atoms with Crippen LogP contribution in [0.2, 0.25) is 0 Å². The van der Waals surface area contributed by atoms with E-state index in [9.17, 15) is 9.59 Å². The smallest absolute Gasteiger partial charge is 0.315 e. The number of ether oxygens (including phenoxy) is 2. The van der Waals surface area contributed by atoms with E-state index in [4.69, 9.17) is 9.47 Å². The van der Waals surface area contributed by atoms with Gasteiger partial charge in [0.1, 0.15) is 19.3 Å². The topological polar surface area (TPSA) is 79.9 Å². The van der Waals surface area contributed by atoms with Crippen molar-refractivity contribution in [3.8, 4) is 11.5 Å². The van der Waals surface area contributed by atoms with Crippen LogP contribution in [-0.2, 0) is 4.79 Å². The van der Waals surface area contributed by atoms with Crippen molar-refractivity contribution in [1.29, 1.82) is 0 Å². The zero-order valence-electron chi connectivity index (χ0n) is 12.7. The number of likely N-dealkylation sites (tertiary alicyclic amines) is 1. The number of carbonyl (C=O) groups is 2. The van der Waals surface area contributed by atoms with E-state index >= 15 is 0 Å². The van der Waals surface area contributed by atoms with E-state index in [2.05, 4.69) is 10.6 Å². The molecule has 2 fully saturated rings. The Bertz CT molecular complexity index is 648. The Balaban J connectivity index is 1.55. The molecule has 4 rings (SSSR count). The highest BCUT2D eigenvalue weighted by atomic mass is 16.6. The molecule has 1 aromatic carbocycles. The zero-order chi connectivity index (χ0) is 15.8. The standard InChI is InChI=1S/C16H19N3O4/c20-15(11-9-17-16(21)18-11)19-5-1-2-12(19)10-3-4-13-14(8-10)23-7-6-22-13/h3-4,8,11-12H,1-2,5-7,9H2,(H2,17,18,21)/t11-,12+/m0/s1. The quantitative estimate of drug-likeness (QED) is 0.846. The maximum atomic E-state index is 12.7. The number of nitrogens with one attached hydrogen (secondary N) is 2. The van der Waals surface area contributed by atoms with Gasteiger partial charge in [0.2, 0.25) is 5.91 Å². The van der Waals surface area contributed by atoms with Crippen molar-refractivity contribution in [3.05, 3.63) is 23.8 Å². The van der Waals surface area contributed by atoms with E-state index in [1.165, 1.54) is 0 Å². The van der Waals surface area contributed by atoms with Gasteiger partial charge in [-0.05, 0) is 30.5 Å². The first kappa shape index (κ1) is 14.2.